The van der Waals surface area contributed by atoms with E-state index in [1.165, 1.54) is 5.56 Å². The minimum Gasteiger partial charge on any atom is -0.480 e. The van der Waals surface area contributed by atoms with Crippen molar-refractivity contribution in [3.05, 3.63) is 35.4 Å². The van der Waals surface area contributed by atoms with E-state index < -0.39 is 12.0 Å². The summed E-state index contributed by atoms with van der Waals surface area (Å²) in [5, 5.41) is 9.36. The van der Waals surface area contributed by atoms with Gasteiger partial charge < -0.3 is 9.84 Å². The molecule has 1 aliphatic heterocycles. The van der Waals surface area contributed by atoms with Gasteiger partial charge in [0.15, 0.2) is 0 Å². The van der Waals surface area contributed by atoms with Crippen LogP contribution in [0.25, 0.3) is 0 Å². The highest BCUT2D eigenvalue weighted by molar-refractivity contribution is 5.74. The SMILES string of the molecule is CC(C)OCCN1Cc2ccccc2C[C@H]1C(=O)O. The Balaban J connectivity index is 2.06. The number of hydrogen-bond acceptors (Lipinski definition) is 3. The van der Waals surface area contributed by atoms with Crippen LogP contribution >= 0.6 is 0 Å². The molecule has 4 heteroatoms. The van der Waals surface area contributed by atoms with Gasteiger partial charge in [-0.3, -0.25) is 9.69 Å². The van der Waals surface area contributed by atoms with Crippen molar-refractivity contribution in [2.24, 2.45) is 0 Å². The second kappa shape index (κ2) is 6.17. The van der Waals surface area contributed by atoms with E-state index in [1.807, 2.05) is 36.9 Å². The van der Waals surface area contributed by atoms with E-state index in [4.69, 9.17) is 4.74 Å². The Bertz CT molecular complexity index is 445. The number of ether oxygens (including phenoxy) is 1. The quantitative estimate of drug-likeness (QED) is 0.882. The van der Waals surface area contributed by atoms with Crippen molar-refractivity contribution in [1.82, 2.24) is 4.90 Å². The van der Waals surface area contributed by atoms with E-state index in [2.05, 4.69) is 6.07 Å². The van der Waals surface area contributed by atoms with Crippen LogP contribution in [0, 0.1) is 0 Å². The van der Waals surface area contributed by atoms with Crippen molar-refractivity contribution >= 4 is 5.97 Å². The van der Waals surface area contributed by atoms with Crippen LogP contribution < -0.4 is 0 Å². The summed E-state index contributed by atoms with van der Waals surface area (Å²) in [7, 11) is 0. The summed E-state index contributed by atoms with van der Waals surface area (Å²) in [5.41, 5.74) is 2.38. The molecule has 0 amide bonds. The molecule has 19 heavy (non-hydrogen) atoms. The molecule has 1 heterocycles. The summed E-state index contributed by atoms with van der Waals surface area (Å²) in [6.45, 7) is 5.89. The van der Waals surface area contributed by atoms with E-state index >= 15 is 0 Å². The minimum absolute atomic E-state index is 0.181. The summed E-state index contributed by atoms with van der Waals surface area (Å²) < 4.78 is 5.53. The largest absolute Gasteiger partial charge is 0.480 e. The molecule has 2 rings (SSSR count). The molecule has 104 valence electrons. The molecular weight excluding hydrogens is 242 g/mol. The van der Waals surface area contributed by atoms with Crippen LogP contribution in [0.1, 0.15) is 25.0 Å². The predicted octanol–water partition coefficient (Wildman–Crippen LogP) is 1.92. The lowest BCUT2D eigenvalue weighted by molar-refractivity contribution is -0.144. The van der Waals surface area contributed by atoms with Crippen molar-refractivity contribution in [2.75, 3.05) is 13.2 Å². The monoisotopic (exact) mass is 263 g/mol. The third-order valence-corrected chi connectivity index (χ3v) is 3.46. The molecule has 0 aromatic heterocycles. The first-order chi connectivity index (χ1) is 9.08. The number of nitrogens with zero attached hydrogens (tertiary/aromatic N) is 1. The standard InChI is InChI=1S/C15H21NO3/c1-11(2)19-8-7-16-10-13-6-4-3-5-12(13)9-14(16)15(17)18/h3-6,11,14H,7-10H2,1-2H3,(H,17,18)/t14-/m0/s1. The third kappa shape index (κ3) is 3.55. The molecule has 0 unspecified atom stereocenters. The lowest BCUT2D eigenvalue weighted by atomic mass is 9.94. The summed E-state index contributed by atoms with van der Waals surface area (Å²) >= 11 is 0. The van der Waals surface area contributed by atoms with E-state index in [0.29, 0.717) is 26.1 Å². The van der Waals surface area contributed by atoms with Gasteiger partial charge in [0.25, 0.3) is 0 Å². The van der Waals surface area contributed by atoms with E-state index in [9.17, 15) is 9.90 Å². The van der Waals surface area contributed by atoms with Crippen LogP contribution in [0.5, 0.6) is 0 Å². The Labute approximate surface area is 114 Å². The highest BCUT2D eigenvalue weighted by atomic mass is 16.5. The first-order valence-electron chi connectivity index (χ1n) is 6.73. The number of fused-ring (bicyclic) bond motifs is 1. The van der Waals surface area contributed by atoms with Gasteiger partial charge in [0.05, 0.1) is 12.7 Å². The maximum absolute atomic E-state index is 11.4. The lowest BCUT2D eigenvalue weighted by Gasteiger charge is -2.34. The van der Waals surface area contributed by atoms with Crippen molar-refractivity contribution < 1.29 is 14.6 Å². The lowest BCUT2D eigenvalue weighted by Crippen LogP contribution is -2.46. The maximum Gasteiger partial charge on any atom is 0.321 e. The topological polar surface area (TPSA) is 49.8 Å². The van der Waals surface area contributed by atoms with Crippen LogP contribution in [0.2, 0.25) is 0 Å². The van der Waals surface area contributed by atoms with Crippen LogP contribution in [-0.2, 0) is 22.5 Å². The second-order valence-electron chi connectivity index (χ2n) is 5.22. The minimum atomic E-state index is -0.751. The van der Waals surface area contributed by atoms with Gasteiger partial charge in [0, 0.05) is 13.1 Å². The molecule has 1 aliphatic rings. The molecule has 0 bridgehead atoms. The molecule has 1 aromatic rings. The maximum atomic E-state index is 11.4. The van der Waals surface area contributed by atoms with Gasteiger partial charge in [0.1, 0.15) is 6.04 Å². The molecule has 0 aliphatic carbocycles. The predicted molar refractivity (Wildman–Crippen MR) is 73.1 cm³/mol. The Kier molecular flexibility index (Phi) is 4.56. The fourth-order valence-electron chi connectivity index (χ4n) is 2.46. The zero-order chi connectivity index (χ0) is 13.8. The number of carboxylic acids is 1. The number of rotatable bonds is 5. The number of carboxylic acid groups (broad SMARTS) is 1. The van der Waals surface area contributed by atoms with Crippen LogP contribution in [0.15, 0.2) is 24.3 Å². The summed E-state index contributed by atoms with van der Waals surface area (Å²) in [6.07, 6.45) is 0.757. The molecule has 0 saturated heterocycles. The molecule has 0 radical (unpaired) electrons. The summed E-state index contributed by atoms with van der Waals surface area (Å²) in [5.74, 6) is -0.751. The number of hydrogen-bond donors (Lipinski definition) is 1. The van der Waals surface area contributed by atoms with E-state index in [1.54, 1.807) is 0 Å². The normalized spacial score (nSPS) is 19.4. The molecule has 1 atom stereocenters. The van der Waals surface area contributed by atoms with Crippen LogP contribution in [-0.4, -0.2) is 41.3 Å². The van der Waals surface area contributed by atoms with Gasteiger partial charge in [-0.05, 0) is 31.4 Å². The van der Waals surface area contributed by atoms with Gasteiger partial charge in [-0.2, -0.15) is 0 Å². The second-order valence-corrected chi connectivity index (χ2v) is 5.22. The Morgan fingerprint density at radius 1 is 1.42 bits per heavy atom. The third-order valence-electron chi connectivity index (χ3n) is 3.46. The smallest absolute Gasteiger partial charge is 0.321 e. The van der Waals surface area contributed by atoms with Gasteiger partial charge in [-0.15, -0.1) is 0 Å². The number of benzene rings is 1. The van der Waals surface area contributed by atoms with Crippen molar-refractivity contribution in [2.45, 2.75) is 39.0 Å². The highest BCUT2D eigenvalue weighted by Gasteiger charge is 2.30. The molecule has 0 fully saturated rings. The zero-order valence-corrected chi connectivity index (χ0v) is 11.5. The summed E-state index contributed by atoms with van der Waals surface area (Å²) in [6, 6.07) is 7.63. The van der Waals surface area contributed by atoms with Gasteiger partial charge in [-0.25, -0.2) is 0 Å². The fraction of sp³-hybridized carbons (Fsp3) is 0.533. The van der Waals surface area contributed by atoms with Crippen LogP contribution in [0.4, 0.5) is 0 Å². The van der Waals surface area contributed by atoms with Crippen molar-refractivity contribution in [3.8, 4) is 0 Å². The average molecular weight is 263 g/mol. The zero-order valence-electron chi connectivity index (χ0n) is 11.5. The Morgan fingerprint density at radius 3 is 2.74 bits per heavy atom. The molecular formula is C15H21NO3. The molecule has 1 aromatic carbocycles. The molecule has 0 spiro atoms. The molecule has 0 saturated carbocycles. The van der Waals surface area contributed by atoms with Gasteiger partial charge in [0.2, 0.25) is 0 Å². The fourth-order valence-corrected chi connectivity index (χ4v) is 2.46. The number of carbonyl (C=O) groups is 1. The van der Waals surface area contributed by atoms with Crippen LogP contribution in [0.3, 0.4) is 0 Å². The first-order valence-corrected chi connectivity index (χ1v) is 6.73. The van der Waals surface area contributed by atoms with Crippen molar-refractivity contribution in [3.63, 3.8) is 0 Å². The van der Waals surface area contributed by atoms with Gasteiger partial charge in [-0.1, -0.05) is 24.3 Å². The number of aliphatic carboxylic acids is 1. The van der Waals surface area contributed by atoms with E-state index in [0.717, 1.165) is 5.56 Å². The highest BCUT2D eigenvalue weighted by Crippen LogP contribution is 2.23. The Hall–Kier alpha value is -1.39. The molecule has 4 nitrogen and oxygen atoms in total. The summed E-state index contributed by atoms with van der Waals surface area (Å²) in [4.78, 5) is 13.4. The van der Waals surface area contributed by atoms with E-state index in [-0.39, 0.29) is 6.10 Å². The first kappa shape index (κ1) is 14.0. The molecule has 1 N–H and O–H groups in total. The van der Waals surface area contributed by atoms with Gasteiger partial charge >= 0.3 is 5.97 Å². The van der Waals surface area contributed by atoms with Crippen molar-refractivity contribution in [1.29, 1.82) is 0 Å². The Morgan fingerprint density at radius 2 is 2.11 bits per heavy atom. The average Bonchev–Trinajstić information content (AvgIpc) is 2.37.